The van der Waals surface area contributed by atoms with Gasteiger partial charge in [0.25, 0.3) is 0 Å². The SMILES string of the molecule is COc1cc(O)c(C(CN)C(=O)O)cc1F. The van der Waals surface area contributed by atoms with Crippen molar-refractivity contribution in [3.63, 3.8) is 0 Å². The van der Waals surface area contributed by atoms with Crippen LogP contribution in [-0.4, -0.2) is 29.8 Å². The summed E-state index contributed by atoms with van der Waals surface area (Å²) in [6.45, 7) is -0.228. The van der Waals surface area contributed by atoms with Gasteiger partial charge in [-0.1, -0.05) is 0 Å². The molecule has 0 aliphatic heterocycles. The molecule has 16 heavy (non-hydrogen) atoms. The first kappa shape index (κ1) is 12.3. The monoisotopic (exact) mass is 229 g/mol. The Morgan fingerprint density at radius 3 is 2.69 bits per heavy atom. The highest BCUT2D eigenvalue weighted by Gasteiger charge is 2.23. The van der Waals surface area contributed by atoms with Crippen LogP contribution >= 0.6 is 0 Å². The van der Waals surface area contributed by atoms with Crippen LogP contribution < -0.4 is 10.5 Å². The highest BCUT2D eigenvalue weighted by Crippen LogP contribution is 2.31. The lowest BCUT2D eigenvalue weighted by molar-refractivity contribution is -0.138. The maximum Gasteiger partial charge on any atom is 0.312 e. The molecule has 0 fully saturated rings. The second-order valence-electron chi connectivity index (χ2n) is 3.17. The number of methoxy groups -OCH3 is 1. The molecule has 0 spiro atoms. The third-order valence-corrected chi connectivity index (χ3v) is 2.21. The molecular weight excluding hydrogens is 217 g/mol. The molecule has 0 heterocycles. The largest absolute Gasteiger partial charge is 0.507 e. The Labute approximate surface area is 91.3 Å². The van der Waals surface area contributed by atoms with Crippen LogP contribution in [0.15, 0.2) is 12.1 Å². The molecule has 6 heteroatoms. The number of phenolic OH excluding ortho intramolecular Hbond substituents is 1. The second kappa shape index (κ2) is 4.80. The van der Waals surface area contributed by atoms with Crippen LogP contribution in [-0.2, 0) is 4.79 Å². The fraction of sp³-hybridized carbons (Fsp3) is 0.300. The van der Waals surface area contributed by atoms with Gasteiger partial charge < -0.3 is 20.7 Å². The van der Waals surface area contributed by atoms with Gasteiger partial charge in [0.15, 0.2) is 11.6 Å². The number of aliphatic carboxylic acids is 1. The summed E-state index contributed by atoms with van der Waals surface area (Å²) in [6.07, 6.45) is 0. The van der Waals surface area contributed by atoms with Crippen molar-refractivity contribution in [3.05, 3.63) is 23.5 Å². The number of hydrogen-bond donors (Lipinski definition) is 3. The predicted octanol–water partition coefficient (Wildman–Crippen LogP) is 0.667. The minimum absolute atomic E-state index is 0.0618. The third kappa shape index (κ3) is 2.22. The van der Waals surface area contributed by atoms with E-state index in [1.165, 1.54) is 7.11 Å². The molecule has 0 aliphatic carbocycles. The molecular formula is C10H12FNO4. The average molecular weight is 229 g/mol. The van der Waals surface area contributed by atoms with Gasteiger partial charge in [0, 0.05) is 18.2 Å². The number of aromatic hydroxyl groups is 1. The van der Waals surface area contributed by atoms with Gasteiger partial charge in [-0.25, -0.2) is 4.39 Å². The molecule has 0 bridgehead atoms. The lowest BCUT2D eigenvalue weighted by Gasteiger charge is -2.13. The molecule has 1 aromatic rings. The average Bonchev–Trinajstić information content (AvgIpc) is 2.23. The number of carboxylic acid groups (broad SMARTS) is 1. The zero-order valence-corrected chi connectivity index (χ0v) is 8.61. The molecule has 1 atom stereocenters. The van der Waals surface area contributed by atoms with E-state index in [-0.39, 0.29) is 23.6 Å². The minimum Gasteiger partial charge on any atom is -0.507 e. The summed E-state index contributed by atoms with van der Waals surface area (Å²) in [6, 6.07) is 1.94. The molecule has 1 unspecified atom stereocenters. The molecule has 0 saturated carbocycles. The summed E-state index contributed by atoms with van der Waals surface area (Å²) in [5.74, 6) is -3.60. The molecule has 0 amide bonds. The van der Waals surface area contributed by atoms with Gasteiger partial charge in [-0.2, -0.15) is 0 Å². The van der Waals surface area contributed by atoms with Gasteiger partial charge >= 0.3 is 5.97 Å². The molecule has 1 rings (SSSR count). The lowest BCUT2D eigenvalue weighted by atomic mass is 9.98. The number of hydrogen-bond acceptors (Lipinski definition) is 4. The fourth-order valence-electron chi connectivity index (χ4n) is 1.35. The van der Waals surface area contributed by atoms with Gasteiger partial charge in [0.1, 0.15) is 5.75 Å². The molecule has 0 aliphatic rings. The first-order chi connectivity index (χ1) is 7.51. The van der Waals surface area contributed by atoms with E-state index in [1.807, 2.05) is 0 Å². The number of carboxylic acids is 1. The Morgan fingerprint density at radius 1 is 1.62 bits per heavy atom. The Kier molecular flexibility index (Phi) is 3.68. The minimum atomic E-state index is -1.22. The van der Waals surface area contributed by atoms with Crippen molar-refractivity contribution >= 4 is 5.97 Å². The standard InChI is InChI=1S/C10H12FNO4/c1-16-9-3-8(13)5(2-7(9)11)6(4-12)10(14)15/h2-3,6,13H,4,12H2,1H3,(H,14,15). The molecule has 4 N–H and O–H groups in total. The van der Waals surface area contributed by atoms with Gasteiger partial charge in [-0.3, -0.25) is 4.79 Å². The Balaban J connectivity index is 3.24. The number of ether oxygens (including phenoxy) is 1. The van der Waals surface area contributed by atoms with E-state index >= 15 is 0 Å². The van der Waals surface area contributed by atoms with Crippen molar-refractivity contribution in [2.75, 3.05) is 13.7 Å². The van der Waals surface area contributed by atoms with Crippen molar-refractivity contribution < 1.29 is 24.1 Å². The summed E-state index contributed by atoms with van der Waals surface area (Å²) >= 11 is 0. The quantitative estimate of drug-likeness (QED) is 0.705. The number of halogens is 1. The Morgan fingerprint density at radius 2 is 2.25 bits per heavy atom. The molecule has 88 valence electrons. The molecule has 0 radical (unpaired) electrons. The van der Waals surface area contributed by atoms with E-state index in [1.54, 1.807) is 0 Å². The number of phenols is 1. The Bertz CT molecular complexity index is 408. The van der Waals surface area contributed by atoms with Crippen LogP contribution in [0.1, 0.15) is 11.5 Å². The molecule has 0 saturated heterocycles. The summed E-state index contributed by atoms with van der Waals surface area (Å²) in [4.78, 5) is 10.8. The van der Waals surface area contributed by atoms with Gasteiger partial charge in [0.2, 0.25) is 0 Å². The predicted molar refractivity (Wildman–Crippen MR) is 54.0 cm³/mol. The van der Waals surface area contributed by atoms with Crippen LogP contribution in [0.3, 0.4) is 0 Å². The zero-order valence-electron chi connectivity index (χ0n) is 8.61. The van der Waals surface area contributed by atoms with Crippen LogP contribution in [0.5, 0.6) is 11.5 Å². The van der Waals surface area contributed by atoms with E-state index in [0.717, 1.165) is 12.1 Å². The molecule has 1 aromatic carbocycles. The van der Waals surface area contributed by atoms with Gasteiger partial charge in [-0.15, -0.1) is 0 Å². The number of rotatable bonds is 4. The van der Waals surface area contributed by atoms with Crippen molar-refractivity contribution in [3.8, 4) is 11.5 Å². The summed E-state index contributed by atoms with van der Waals surface area (Å²) in [5.41, 5.74) is 5.19. The first-order valence-electron chi connectivity index (χ1n) is 4.50. The van der Waals surface area contributed by atoms with E-state index in [4.69, 9.17) is 10.8 Å². The fourth-order valence-corrected chi connectivity index (χ4v) is 1.35. The Hall–Kier alpha value is -1.82. The van der Waals surface area contributed by atoms with Crippen LogP contribution in [0, 0.1) is 5.82 Å². The summed E-state index contributed by atoms with van der Waals surface area (Å²) < 4.78 is 18.0. The molecule has 5 nitrogen and oxygen atoms in total. The van der Waals surface area contributed by atoms with E-state index in [2.05, 4.69) is 4.74 Å². The van der Waals surface area contributed by atoms with E-state index in [0.29, 0.717) is 0 Å². The van der Waals surface area contributed by atoms with E-state index < -0.39 is 17.7 Å². The maximum atomic E-state index is 13.3. The molecule has 0 aromatic heterocycles. The second-order valence-corrected chi connectivity index (χ2v) is 3.17. The number of benzene rings is 1. The van der Waals surface area contributed by atoms with Gasteiger partial charge in [0.05, 0.1) is 13.0 Å². The lowest BCUT2D eigenvalue weighted by Crippen LogP contribution is -2.21. The van der Waals surface area contributed by atoms with Crippen molar-refractivity contribution in [1.29, 1.82) is 0 Å². The first-order valence-corrected chi connectivity index (χ1v) is 4.50. The highest BCUT2D eigenvalue weighted by atomic mass is 19.1. The highest BCUT2D eigenvalue weighted by molar-refractivity contribution is 5.77. The third-order valence-electron chi connectivity index (χ3n) is 2.21. The van der Waals surface area contributed by atoms with Crippen LogP contribution in [0.2, 0.25) is 0 Å². The van der Waals surface area contributed by atoms with Crippen molar-refractivity contribution in [2.24, 2.45) is 5.73 Å². The zero-order chi connectivity index (χ0) is 12.3. The van der Waals surface area contributed by atoms with Crippen molar-refractivity contribution in [2.45, 2.75) is 5.92 Å². The van der Waals surface area contributed by atoms with Gasteiger partial charge in [-0.05, 0) is 6.07 Å². The number of nitrogens with two attached hydrogens (primary N) is 1. The summed E-state index contributed by atoms with van der Waals surface area (Å²) in [5, 5.41) is 18.4. The maximum absolute atomic E-state index is 13.3. The normalized spacial score (nSPS) is 12.2. The smallest absolute Gasteiger partial charge is 0.312 e. The topological polar surface area (TPSA) is 92.8 Å². The van der Waals surface area contributed by atoms with Crippen LogP contribution in [0.25, 0.3) is 0 Å². The summed E-state index contributed by atoms with van der Waals surface area (Å²) in [7, 11) is 1.25. The number of carbonyl (C=O) groups is 1. The van der Waals surface area contributed by atoms with Crippen molar-refractivity contribution in [1.82, 2.24) is 0 Å². The van der Waals surface area contributed by atoms with E-state index in [9.17, 15) is 14.3 Å². The van der Waals surface area contributed by atoms with Crippen LogP contribution in [0.4, 0.5) is 4.39 Å².